The van der Waals surface area contributed by atoms with E-state index in [1.807, 2.05) is 13.8 Å². The third-order valence-electron chi connectivity index (χ3n) is 4.15. The predicted octanol–water partition coefficient (Wildman–Crippen LogP) is 0.840. The van der Waals surface area contributed by atoms with E-state index in [9.17, 15) is 14.7 Å². The SMILES string of the molecule is CC1(C)CCCN(C(=O)[C@H]2CCCN2)C1C(=O)O. The van der Waals surface area contributed by atoms with Crippen molar-refractivity contribution in [1.82, 2.24) is 10.2 Å². The molecule has 5 heteroatoms. The van der Waals surface area contributed by atoms with Crippen LogP contribution in [0.15, 0.2) is 0 Å². The summed E-state index contributed by atoms with van der Waals surface area (Å²) in [5.41, 5.74) is -0.349. The van der Waals surface area contributed by atoms with Gasteiger partial charge in [0, 0.05) is 6.54 Å². The van der Waals surface area contributed by atoms with Gasteiger partial charge in [-0.25, -0.2) is 4.79 Å². The molecule has 0 aromatic rings. The van der Waals surface area contributed by atoms with Crippen LogP contribution in [-0.4, -0.2) is 47.1 Å². The molecule has 0 aromatic carbocycles. The number of carbonyl (C=O) groups excluding carboxylic acids is 1. The molecule has 2 heterocycles. The highest BCUT2D eigenvalue weighted by Gasteiger charge is 2.45. The third kappa shape index (κ3) is 2.36. The Balaban J connectivity index is 2.18. The molecule has 1 unspecified atom stereocenters. The van der Waals surface area contributed by atoms with Crippen molar-refractivity contribution in [3.8, 4) is 0 Å². The number of aliphatic carboxylic acids is 1. The molecule has 102 valence electrons. The zero-order chi connectivity index (χ0) is 13.3. The Morgan fingerprint density at radius 3 is 2.61 bits per heavy atom. The number of amides is 1. The Hall–Kier alpha value is -1.10. The van der Waals surface area contributed by atoms with Crippen LogP contribution in [0.4, 0.5) is 0 Å². The topological polar surface area (TPSA) is 69.6 Å². The molecule has 2 fully saturated rings. The van der Waals surface area contributed by atoms with Crippen molar-refractivity contribution in [3.05, 3.63) is 0 Å². The summed E-state index contributed by atoms with van der Waals surface area (Å²) in [7, 11) is 0. The fraction of sp³-hybridized carbons (Fsp3) is 0.846. The predicted molar refractivity (Wildman–Crippen MR) is 67.2 cm³/mol. The van der Waals surface area contributed by atoms with Gasteiger partial charge in [0.2, 0.25) is 5.91 Å². The van der Waals surface area contributed by atoms with E-state index in [-0.39, 0.29) is 17.4 Å². The standard InChI is InChI=1S/C13H22N2O3/c1-13(2)6-4-8-15(10(13)12(17)18)11(16)9-5-3-7-14-9/h9-10,14H,3-8H2,1-2H3,(H,17,18)/t9-,10?/m1/s1. The lowest BCUT2D eigenvalue weighted by Gasteiger charge is -2.44. The van der Waals surface area contributed by atoms with Crippen LogP contribution in [0.2, 0.25) is 0 Å². The Morgan fingerprint density at radius 2 is 2.06 bits per heavy atom. The first-order valence-corrected chi connectivity index (χ1v) is 6.70. The van der Waals surface area contributed by atoms with E-state index in [2.05, 4.69) is 5.32 Å². The molecule has 2 saturated heterocycles. The van der Waals surface area contributed by atoms with Gasteiger partial charge in [0.1, 0.15) is 6.04 Å². The van der Waals surface area contributed by atoms with Crippen molar-refractivity contribution in [2.24, 2.45) is 5.41 Å². The molecule has 2 aliphatic rings. The Kier molecular flexibility index (Phi) is 3.61. The van der Waals surface area contributed by atoms with Crippen molar-refractivity contribution >= 4 is 11.9 Å². The van der Waals surface area contributed by atoms with Gasteiger partial charge < -0.3 is 15.3 Å². The highest BCUT2D eigenvalue weighted by atomic mass is 16.4. The molecule has 0 bridgehead atoms. The maximum atomic E-state index is 12.4. The number of carboxylic acid groups (broad SMARTS) is 1. The van der Waals surface area contributed by atoms with Crippen molar-refractivity contribution in [2.75, 3.05) is 13.1 Å². The van der Waals surface area contributed by atoms with E-state index >= 15 is 0 Å². The highest BCUT2D eigenvalue weighted by Crippen LogP contribution is 2.35. The normalized spacial score (nSPS) is 31.3. The molecule has 5 nitrogen and oxygen atoms in total. The lowest BCUT2D eigenvalue weighted by Crippen LogP contribution is -2.59. The van der Waals surface area contributed by atoms with Crippen LogP contribution in [0.25, 0.3) is 0 Å². The molecule has 0 saturated carbocycles. The molecule has 0 aliphatic carbocycles. The van der Waals surface area contributed by atoms with Gasteiger partial charge in [0.25, 0.3) is 0 Å². The molecular formula is C13H22N2O3. The second-order valence-corrected chi connectivity index (χ2v) is 6.01. The number of hydrogen-bond donors (Lipinski definition) is 2. The average molecular weight is 254 g/mol. The van der Waals surface area contributed by atoms with Gasteiger partial charge in [-0.05, 0) is 37.6 Å². The van der Waals surface area contributed by atoms with E-state index in [0.29, 0.717) is 6.54 Å². The number of rotatable bonds is 2. The van der Waals surface area contributed by atoms with Gasteiger partial charge in [-0.1, -0.05) is 13.8 Å². The number of carbonyl (C=O) groups is 2. The monoisotopic (exact) mass is 254 g/mol. The van der Waals surface area contributed by atoms with Crippen LogP contribution >= 0.6 is 0 Å². The maximum absolute atomic E-state index is 12.4. The van der Waals surface area contributed by atoms with Gasteiger partial charge >= 0.3 is 5.97 Å². The number of nitrogens with zero attached hydrogens (tertiary/aromatic N) is 1. The summed E-state index contributed by atoms with van der Waals surface area (Å²) in [5, 5.41) is 12.6. The van der Waals surface area contributed by atoms with Crippen LogP contribution < -0.4 is 5.32 Å². The minimum Gasteiger partial charge on any atom is -0.480 e. The number of hydrogen-bond acceptors (Lipinski definition) is 3. The second kappa shape index (κ2) is 4.88. The first-order valence-electron chi connectivity index (χ1n) is 6.70. The molecule has 2 atom stereocenters. The van der Waals surface area contributed by atoms with Crippen molar-refractivity contribution in [2.45, 2.75) is 51.6 Å². The smallest absolute Gasteiger partial charge is 0.326 e. The molecule has 2 N–H and O–H groups in total. The van der Waals surface area contributed by atoms with Crippen LogP contribution in [0.1, 0.15) is 39.5 Å². The first-order chi connectivity index (χ1) is 8.43. The molecule has 0 radical (unpaired) electrons. The molecule has 18 heavy (non-hydrogen) atoms. The van der Waals surface area contributed by atoms with Gasteiger partial charge in [0.15, 0.2) is 0 Å². The maximum Gasteiger partial charge on any atom is 0.326 e. The molecule has 0 spiro atoms. The Morgan fingerprint density at radius 1 is 1.33 bits per heavy atom. The Bertz CT molecular complexity index is 348. The van der Waals surface area contributed by atoms with E-state index in [1.54, 1.807) is 4.90 Å². The van der Waals surface area contributed by atoms with E-state index in [4.69, 9.17) is 0 Å². The summed E-state index contributed by atoms with van der Waals surface area (Å²) >= 11 is 0. The van der Waals surface area contributed by atoms with Gasteiger partial charge in [-0.3, -0.25) is 4.79 Å². The zero-order valence-electron chi connectivity index (χ0n) is 11.1. The van der Waals surface area contributed by atoms with Crippen LogP contribution in [0.5, 0.6) is 0 Å². The molecule has 2 rings (SSSR count). The fourth-order valence-electron chi connectivity index (χ4n) is 3.19. The number of carboxylic acids is 1. The molecule has 2 aliphatic heterocycles. The zero-order valence-corrected chi connectivity index (χ0v) is 11.1. The van der Waals surface area contributed by atoms with Crippen LogP contribution in [0, 0.1) is 5.41 Å². The van der Waals surface area contributed by atoms with E-state index in [1.165, 1.54) is 0 Å². The number of piperidine rings is 1. The highest BCUT2D eigenvalue weighted by molar-refractivity contribution is 5.88. The first kappa shape index (κ1) is 13.3. The molecular weight excluding hydrogens is 232 g/mol. The largest absolute Gasteiger partial charge is 0.480 e. The summed E-state index contributed by atoms with van der Waals surface area (Å²) in [4.78, 5) is 25.5. The summed E-state index contributed by atoms with van der Waals surface area (Å²) < 4.78 is 0. The van der Waals surface area contributed by atoms with Crippen molar-refractivity contribution in [1.29, 1.82) is 0 Å². The minimum absolute atomic E-state index is 0.0346. The van der Waals surface area contributed by atoms with Gasteiger partial charge in [-0.2, -0.15) is 0 Å². The summed E-state index contributed by atoms with van der Waals surface area (Å²) in [6.07, 6.45) is 3.55. The summed E-state index contributed by atoms with van der Waals surface area (Å²) in [6, 6.07) is -0.873. The average Bonchev–Trinajstić information content (AvgIpc) is 2.79. The second-order valence-electron chi connectivity index (χ2n) is 6.01. The number of likely N-dealkylation sites (tertiary alicyclic amines) is 1. The molecule has 1 amide bonds. The van der Waals surface area contributed by atoms with Crippen molar-refractivity contribution in [3.63, 3.8) is 0 Å². The quantitative estimate of drug-likeness (QED) is 0.766. The van der Waals surface area contributed by atoms with Gasteiger partial charge in [0.05, 0.1) is 6.04 Å². The lowest BCUT2D eigenvalue weighted by molar-refractivity contribution is -0.159. The van der Waals surface area contributed by atoms with E-state index < -0.39 is 12.0 Å². The summed E-state index contributed by atoms with van der Waals surface area (Å²) in [6.45, 7) is 5.30. The Labute approximate surface area is 108 Å². The van der Waals surface area contributed by atoms with E-state index in [0.717, 1.165) is 32.2 Å². The van der Waals surface area contributed by atoms with Crippen LogP contribution in [-0.2, 0) is 9.59 Å². The lowest BCUT2D eigenvalue weighted by atomic mass is 9.76. The number of nitrogens with one attached hydrogen (secondary N) is 1. The fourth-order valence-corrected chi connectivity index (χ4v) is 3.19. The van der Waals surface area contributed by atoms with Gasteiger partial charge in [-0.15, -0.1) is 0 Å². The molecule has 0 aromatic heterocycles. The van der Waals surface area contributed by atoms with Crippen molar-refractivity contribution < 1.29 is 14.7 Å². The summed E-state index contributed by atoms with van der Waals surface area (Å²) in [5.74, 6) is -0.918. The minimum atomic E-state index is -0.883. The third-order valence-corrected chi connectivity index (χ3v) is 4.15. The van der Waals surface area contributed by atoms with Crippen LogP contribution in [0.3, 0.4) is 0 Å².